The van der Waals surface area contributed by atoms with E-state index in [0.717, 1.165) is 61.8 Å². The number of carbonyl (C=O) groups excluding carboxylic acids is 1. The van der Waals surface area contributed by atoms with Crippen molar-refractivity contribution in [1.82, 2.24) is 29.7 Å². The van der Waals surface area contributed by atoms with Crippen molar-refractivity contribution in [3.8, 4) is 17.1 Å². The molecule has 7 heterocycles. The third-order valence-electron chi connectivity index (χ3n) is 10.8. The summed E-state index contributed by atoms with van der Waals surface area (Å²) in [7, 11) is 3.54. The van der Waals surface area contributed by atoms with Crippen molar-refractivity contribution in [2.75, 3.05) is 33.8 Å². The van der Waals surface area contributed by atoms with Gasteiger partial charge in [0.15, 0.2) is 5.82 Å². The summed E-state index contributed by atoms with van der Waals surface area (Å²) < 4.78 is 31.1. The quantitative estimate of drug-likeness (QED) is 0.237. The van der Waals surface area contributed by atoms with Gasteiger partial charge < -0.3 is 19.4 Å². The summed E-state index contributed by atoms with van der Waals surface area (Å²) in [4.78, 5) is 26.6. The van der Waals surface area contributed by atoms with Crippen LogP contribution in [0.1, 0.15) is 56.8 Å². The minimum absolute atomic E-state index is 0.0812. The fourth-order valence-electron chi connectivity index (χ4n) is 8.48. The summed E-state index contributed by atoms with van der Waals surface area (Å²) in [6.07, 6.45) is 6.03. The molecule has 4 aliphatic heterocycles. The van der Waals surface area contributed by atoms with Gasteiger partial charge in [0.2, 0.25) is 5.88 Å². The van der Waals surface area contributed by atoms with Crippen molar-refractivity contribution in [1.29, 1.82) is 0 Å². The number of benzene rings is 1. The number of hydrogen-bond acceptors (Lipinski definition) is 7. The number of methoxy groups -OCH3 is 1. The summed E-state index contributed by atoms with van der Waals surface area (Å²) in [6, 6.07) is 7.67. The molecule has 1 aromatic carbocycles. The van der Waals surface area contributed by atoms with Crippen molar-refractivity contribution in [3.63, 3.8) is 0 Å². The fraction of sp³-hybridized carbons (Fsp3) is 0.500. The highest BCUT2D eigenvalue weighted by Gasteiger charge is 2.50. The Hall–Kier alpha value is -3.18. The van der Waals surface area contributed by atoms with Gasteiger partial charge in [-0.25, -0.2) is 14.2 Å². The topological polar surface area (TPSA) is 84.8 Å². The van der Waals surface area contributed by atoms with Gasteiger partial charge in [-0.15, -0.1) is 0 Å². The number of nitrogens with zero attached hydrogens (tertiary/aromatic N) is 5. The van der Waals surface area contributed by atoms with Crippen LogP contribution in [-0.4, -0.2) is 82.4 Å². The summed E-state index contributed by atoms with van der Waals surface area (Å²) in [5.74, 6) is 0.222. The van der Waals surface area contributed by atoms with Crippen molar-refractivity contribution in [3.05, 3.63) is 52.0 Å². The lowest BCUT2D eigenvalue weighted by Gasteiger charge is -2.39. The summed E-state index contributed by atoms with van der Waals surface area (Å²) in [6.45, 7) is 4.60. The molecule has 4 aromatic rings. The van der Waals surface area contributed by atoms with Gasteiger partial charge in [-0.1, -0.05) is 35.3 Å². The molecule has 9 nitrogen and oxygen atoms in total. The van der Waals surface area contributed by atoms with Crippen LogP contribution < -0.4 is 10.1 Å². The Labute approximate surface area is 276 Å². The molecular weight excluding hydrogens is 630 g/mol. The van der Waals surface area contributed by atoms with E-state index in [4.69, 9.17) is 37.7 Å². The van der Waals surface area contributed by atoms with Crippen LogP contribution in [0.5, 0.6) is 5.88 Å². The highest BCUT2D eigenvalue weighted by Crippen LogP contribution is 2.51. The maximum atomic E-state index is 16.8. The molecule has 9 rings (SSSR count). The zero-order valence-corrected chi connectivity index (χ0v) is 27.6. The van der Waals surface area contributed by atoms with E-state index >= 15 is 4.39 Å². The van der Waals surface area contributed by atoms with Crippen molar-refractivity contribution < 1.29 is 18.7 Å². The minimum Gasteiger partial charge on any atom is -0.472 e. The van der Waals surface area contributed by atoms with E-state index < -0.39 is 5.82 Å². The van der Waals surface area contributed by atoms with E-state index in [1.807, 2.05) is 4.90 Å². The number of aromatic nitrogens is 3. The lowest BCUT2D eigenvalue weighted by Crippen LogP contribution is -2.41. The normalized spacial score (nSPS) is 26.7. The molecule has 1 unspecified atom stereocenters. The number of ether oxygens (including phenoxy) is 2. The molecule has 1 N–H and O–H groups in total. The molecule has 1 saturated carbocycles. The Morgan fingerprint density at radius 1 is 1.17 bits per heavy atom. The molecular formula is C34H37Cl2FN6O3. The number of halogens is 3. The molecule has 1 amide bonds. The third kappa shape index (κ3) is 4.58. The zero-order valence-electron chi connectivity index (χ0n) is 26.1. The Kier molecular flexibility index (Phi) is 7.55. The number of carbonyl (C=O) groups is 1. The smallest absolute Gasteiger partial charge is 0.410 e. The monoisotopic (exact) mass is 666 g/mol. The number of fused-ring (bicyclic) bond motifs is 4. The van der Waals surface area contributed by atoms with Gasteiger partial charge in [0.1, 0.15) is 17.3 Å². The number of rotatable bonds is 6. The first kappa shape index (κ1) is 30.2. The Morgan fingerprint density at radius 3 is 2.72 bits per heavy atom. The number of amides is 1. The number of likely N-dealkylation sites (tertiary alicyclic amines) is 2. The van der Waals surface area contributed by atoms with E-state index in [0.29, 0.717) is 34.3 Å². The van der Waals surface area contributed by atoms with Gasteiger partial charge in [0, 0.05) is 48.0 Å². The van der Waals surface area contributed by atoms with Gasteiger partial charge >= 0.3 is 6.09 Å². The predicted molar refractivity (Wildman–Crippen MR) is 176 cm³/mol. The molecule has 1 aliphatic carbocycles. The third-order valence-corrected chi connectivity index (χ3v) is 11.6. The zero-order chi connectivity index (χ0) is 31.9. The fourth-order valence-corrected chi connectivity index (χ4v) is 8.87. The minimum atomic E-state index is -0.583. The average molecular weight is 668 g/mol. The molecule has 3 aromatic heterocycles. The predicted octanol–water partition coefficient (Wildman–Crippen LogP) is 7.00. The molecule has 0 radical (unpaired) electrons. The second kappa shape index (κ2) is 11.5. The standard InChI is InChI=1S/C34H37Cl2FN6O3/c1-17(24-9-5-11-41(24)2)46-33-20-14-26(25-10-6-12-42(25)34(44)45-3)43(31-18-13-23(31)38-15-18)32(20)21-16-39-29(28(37)30(21)40-33)19-7-4-8-22(35)27(19)36/h4,7-8,14,16-18,23-25,31,38H,5-6,9-13,15H2,1-3H3/t17-,18+,23?,24-,25+,31-/m0/s1. The van der Waals surface area contributed by atoms with E-state index in [9.17, 15) is 4.79 Å². The van der Waals surface area contributed by atoms with Crippen LogP contribution in [0.25, 0.3) is 33.1 Å². The first-order chi connectivity index (χ1) is 22.3. The molecule has 242 valence electrons. The molecule has 5 fully saturated rings. The number of likely N-dealkylation sites (N-methyl/N-ethyl adjacent to an activating group) is 1. The van der Waals surface area contributed by atoms with E-state index in [1.54, 1.807) is 24.4 Å². The van der Waals surface area contributed by atoms with Gasteiger partial charge in [-0.2, -0.15) is 0 Å². The summed E-state index contributed by atoms with van der Waals surface area (Å²) in [5.41, 5.74) is 2.47. The van der Waals surface area contributed by atoms with E-state index in [-0.39, 0.29) is 52.6 Å². The van der Waals surface area contributed by atoms with Gasteiger partial charge in [-0.05, 0) is 70.7 Å². The molecule has 6 atom stereocenters. The maximum absolute atomic E-state index is 16.8. The van der Waals surface area contributed by atoms with E-state index in [1.165, 1.54) is 7.11 Å². The van der Waals surface area contributed by atoms with Crippen LogP contribution in [0.15, 0.2) is 30.5 Å². The van der Waals surface area contributed by atoms with Crippen LogP contribution >= 0.6 is 23.2 Å². The lowest BCUT2D eigenvalue weighted by atomic mass is 9.79. The Bertz CT molecular complexity index is 1850. The number of hydrogen-bond donors (Lipinski definition) is 1. The maximum Gasteiger partial charge on any atom is 0.410 e. The second-order valence-corrected chi connectivity index (χ2v) is 14.0. The second-order valence-electron chi connectivity index (χ2n) is 13.2. The van der Waals surface area contributed by atoms with Crippen LogP contribution in [0.3, 0.4) is 0 Å². The highest BCUT2D eigenvalue weighted by atomic mass is 35.5. The SMILES string of the molecule is COC(=O)N1CCC[C@@H]1c1cc2c(O[C@@H](C)[C@@H]3CCCN3C)nc3c(F)c(-c4cccc(Cl)c4Cl)ncc3c2n1[C@@H]1C2C[C@@H]1CN2. The van der Waals surface area contributed by atoms with E-state index in [2.05, 4.69) is 39.8 Å². The van der Waals surface area contributed by atoms with Crippen molar-refractivity contribution >= 4 is 51.1 Å². The van der Waals surface area contributed by atoms with Gasteiger partial charge in [0.25, 0.3) is 0 Å². The number of pyridine rings is 2. The molecule has 12 heteroatoms. The lowest BCUT2D eigenvalue weighted by molar-refractivity contribution is 0.116. The van der Waals surface area contributed by atoms with Gasteiger partial charge in [-0.3, -0.25) is 14.8 Å². The summed E-state index contributed by atoms with van der Waals surface area (Å²) >= 11 is 12.9. The van der Waals surface area contributed by atoms with Crippen LogP contribution in [0, 0.1) is 11.7 Å². The highest BCUT2D eigenvalue weighted by molar-refractivity contribution is 6.43. The summed E-state index contributed by atoms with van der Waals surface area (Å²) in [5, 5.41) is 5.60. The van der Waals surface area contributed by atoms with Crippen molar-refractivity contribution in [2.24, 2.45) is 5.92 Å². The van der Waals surface area contributed by atoms with Gasteiger partial charge in [0.05, 0.1) is 40.1 Å². The first-order valence-corrected chi connectivity index (χ1v) is 16.9. The van der Waals surface area contributed by atoms with Crippen LogP contribution in [0.4, 0.5) is 9.18 Å². The molecule has 4 saturated heterocycles. The van der Waals surface area contributed by atoms with Crippen molar-refractivity contribution in [2.45, 2.75) is 69.3 Å². The average Bonchev–Trinajstić information content (AvgIpc) is 3.88. The first-order valence-electron chi connectivity index (χ1n) is 16.2. The molecule has 0 spiro atoms. The Morgan fingerprint density at radius 2 is 2.00 bits per heavy atom. The molecule has 46 heavy (non-hydrogen) atoms. The number of nitrogens with one attached hydrogen (secondary N) is 1. The Balaban J connectivity index is 1.39. The molecule has 2 bridgehead atoms. The molecule has 5 aliphatic rings. The van der Waals surface area contributed by atoms with Crippen LogP contribution in [0.2, 0.25) is 10.0 Å². The van der Waals surface area contributed by atoms with Crippen LogP contribution in [-0.2, 0) is 4.74 Å². The largest absolute Gasteiger partial charge is 0.472 e.